The molecule has 22 heavy (non-hydrogen) atoms. The van der Waals surface area contributed by atoms with Gasteiger partial charge in [0.15, 0.2) is 0 Å². The Hall–Kier alpha value is -2.33. The summed E-state index contributed by atoms with van der Waals surface area (Å²) in [5, 5.41) is 2.72. The van der Waals surface area contributed by atoms with E-state index in [2.05, 4.69) is 25.2 Å². The summed E-state index contributed by atoms with van der Waals surface area (Å²) in [5.74, 6) is 1.28. The van der Waals surface area contributed by atoms with Crippen LogP contribution in [0.1, 0.15) is 25.0 Å². The molecule has 0 saturated heterocycles. The van der Waals surface area contributed by atoms with Crippen molar-refractivity contribution in [2.45, 2.75) is 26.7 Å². The van der Waals surface area contributed by atoms with Crippen LogP contribution in [-0.4, -0.2) is 12.5 Å². The zero-order chi connectivity index (χ0) is 15.9. The van der Waals surface area contributed by atoms with Crippen LogP contribution in [0, 0.1) is 0 Å². The van der Waals surface area contributed by atoms with Gasteiger partial charge in [0.2, 0.25) is 5.91 Å². The number of aryl methyl sites for hydroxylation is 2. The highest BCUT2D eigenvalue weighted by Crippen LogP contribution is 2.26. The van der Waals surface area contributed by atoms with Crippen molar-refractivity contribution in [2.75, 3.05) is 11.9 Å². The average molecular weight is 298 g/mol. The van der Waals surface area contributed by atoms with Crippen LogP contribution in [0.3, 0.4) is 0 Å². The number of nitrogens with one attached hydrogen (secondary N) is 1. The van der Waals surface area contributed by atoms with E-state index in [1.165, 1.54) is 11.1 Å². The number of ether oxygens (including phenoxy) is 1. The van der Waals surface area contributed by atoms with E-state index in [-0.39, 0.29) is 12.5 Å². The summed E-state index contributed by atoms with van der Waals surface area (Å²) in [6.07, 6.45) is 1.94. The molecule has 0 heterocycles. The first-order valence-electron chi connectivity index (χ1n) is 7.55. The lowest BCUT2D eigenvalue weighted by atomic mass is 10.1. The zero-order valence-electron chi connectivity index (χ0n) is 13.1. The summed E-state index contributed by atoms with van der Waals surface area (Å²) >= 11 is 0. The minimum atomic E-state index is -0.224. The normalized spacial score (nSPS) is 10.3. The lowest BCUT2D eigenvalue weighted by Gasteiger charge is -2.11. The SMILES string of the molecule is CCc1cc(CC)cc(Oc2cccc(NC(=O)CN)c2)c1. The third kappa shape index (κ3) is 4.33. The van der Waals surface area contributed by atoms with Crippen molar-refractivity contribution in [2.24, 2.45) is 5.73 Å². The van der Waals surface area contributed by atoms with Gasteiger partial charge in [0.25, 0.3) is 0 Å². The number of amides is 1. The third-order valence-electron chi connectivity index (χ3n) is 3.38. The molecule has 0 saturated carbocycles. The maximum Gasteiger partial charge on any atom is 0.238 e. The molecule has 1 amide bonds. The Morgan fingerprint density at radius 3 is 2.32 bits per heavy atom. The van der Waals surface area contributed by atoms with E-state index in [9.17, 15) is 4.79 Å². The largest absolute Gasteiger partial charge is 0.457 e. The van der Waals surface area contributed by atoms with Crippen LogP contribution in [0.5, 0.6) is 11.5 Å². The van der Waals surface area contributed by atoms with Gasteiger partial charge in [-0.05, 0) is 48.2 Å². The molecule has 0 spiro atoms. The molecule has 2 rings (SSSR count). The van der Waals surface area contributed by atoms with E-state index in [1.54, 1.807) is 12.1 Å². The van der Waals surface area contributed by atoms with E-state index < -0.39 is 0 Å². The predicted octanol–water partition coefficient (Wildman–Crippen LogP) is 3.50. The molecule has 116 valence electrons. The minimum Gasteiger partial charge on any atom is -0.457 e. The van der Waals surface area contributed by atoms with Crippen molar-refractivity contribution >= 4 is 11.6 Å². The molecule has 2 aromatic carbocycles. The number of hydrogen-bond acceptors (Lipinski definition) is 3. The molecule has 3 N–H and O–H groups in total. The molecule has 0 aliphatic heterocycles. The first kappa shape index (κ1) is 16.0. The number of hydrogen-bond donors (Lipinski definition) is 2. The number of carbonyl (C=O) groups is 1. The molecule has 0 aliphatic carbocycles. The number of carbonyl (C=O) groups excluding carboxylic acids is 1. The Balaban J connectivity index is 2.20. The lowest BCUT2D eigenvalue weighted by Crippen LogP contribution is -2.21. The molecule has 0 unspecified atom stereocenters. The van der Waals surface area contributed by atoms with Crippen LogP contribution in [0.15, 0.2) is 42.5 Å². The van der Waals surface area contributed by atoms with Crippen LogP contribution in [0.25, 0.3) is 0 Å². The third-order valence-corrected chi connectivity index (χ3v) is 3.38. The highest BCUT2D eigenvalue weighted by Gasteiger charge is 2.04. The molecule has 0 bridgehead atoms. The van der Waals surface area contributed by atoms with Crippen LogP contribution in [0.4, 0.5) is 5.69 Å². The average Bonchev–Trinajstić information content (AvgIpc) is 2.54. The Morgan fingerprint density at radius 2 is 1.73 bits per heavy atom. The first-order valence-corrected chi connectivity index (χ1v) is 7.55. The molecular weight excluding hydrogens is 276 g/mol. The fourth-order valence-electron chi connectivity index (χ4n) is 2.18. The van der Waals surface area contributed by atoms with Gasteiger partial charge >= 0.3 is 0 Å². The highest BCUT2D eigenvalue weighted by molar-refractivity contribution is 5.92. The predicted molar refractivity (Wildman–Crippen MR) is 89.4 cm³/mol. The Kier molecular flexibility index (Phi) is 5.55. The summed E-state index contributed by atoms with van der Waals surface area (Å²) in [6.45, 7) is 4.21. The number of anilines is 1. The Bertz CT molecular complexity index is 631. The van der Waals surface area contributed by atoms with E-state index in [0.29, 0.717) is 11.4 Å². The molecule has 0 aliphatic rings. The Labute approximate surface area is 131 Å². The molecule has 4 nitrogen and oxygen atoms in total. The van der Waals surface area contributed by atoms with Crippen molar-refractivity contribution in [3.63, 3.8) is 0 Å². The van der Waals surface area contributed by atoms with Gasteiger partial charge in [-0.1, -0.05) is 26.0 Å². The van der Waals surface area contributed by atoms with Gasteiger partial charge in [0.1, 0.15) is 11.5 Å². The van der Waals surface area contributed by atoms with Crippen molar-refractivity contribution in [1.82, 2.24) is 0 Å². The molecular formula is C18H22N2O2. The number of nitrogens with two attached hydrogens (primary N) is 1. The van der Waals surface area contributed by atoms with Crippen LogP contribution < -0.4 is 15.8 Å². The Morgan fingerprint density at radius 1 is 1.05 bits per heavy atom. The van der Waals surface area contributed by atoms with Gasteiger partial charge in [-0.3, -0.25) is 4.79 Å². The van der Waals surface area contributed by atoms with Gasteiger partial charge < -0.3 is 15.8 Å². The van der Waals surface area contributed by atoms with E-state index in [4.69, 9.17) is 10.5 Å². The van der Waals surface area contributed by atoms with Gasteiger partial charge in [0, 0.05) is 11.8 Å². The topological polar surface area (TPSA) is 64.3 Å². The number of benzene rings is 2. The monoisotopic (exact) mass is 298 g/mol. The summed E-state index contributed by atoms with van der Waals surface area (Å²) in [5.41, 5.74) is 8.48. The molecule has 0 atom stereocenters. The zero-order valence-corrected chi connectivity index (χ0v) is 13.1. The first-order chi connectivity index (χ1) is 10.6. The van der Waals surface area contributed by atoms with Crippen LogP contribution in [0.2, 0.25) is 0 Å². The molecule has 2 aromatic rings. The molecule has 0 aromatic heterocycles. The van der Waals surface area contributed by atoms with Crippen molar-refractivity contribution in [3.05, 3.63) is 53.6 Å². The lowest BCUT2D eigenvalue weighted by molar-refractivity contribution is -0.114. The van der Waals surface area contributed by atoms with Crippen molar-refractivity contribution in [1.29, 1.82) is 0 Å². The fourth-order valence-corrected chi connectivity index (χ4v) is 2.18. The standard InChI is InChI=1S/C18H22N2O2/c1-3-13-8-14(4-2)10-17(9-13)22-16-7-5-6-15(11-16)20-18(21)12-19/h5-11H,3-4,12,19H2,1-2H3,(H,20,21). The summed E-state index contributed by atoms with van der Waals surface area (Å²) < 4.78 is 5.94. The maximum atomic E-state index is 11.3. The second-order valence-electron chi connectivity index (χ2n) is 5.07. The van der Waals surface area contributed by atoms with Crippen LogP contribution >= 0.6 is 0 Å². The quantitative estimate of drug-likeness (QED) is 0.858. The van der Waals surface area contributed by atoms with E-state index in [0.717, 1.165) is 18.6 Å². The number of rotatable bonds is 6. The molecule has 4 heteroatoms. The van der Waals surface area contributed by atoms with Crippen molar-refractivity contribution < 1.29 is 9.53 Å². The van der Waals surface area contributed by atoms with Gasteiger partial charge in [0.05, 0.1) is 6.54 Å². The van der Waals surface area contributed by atoms with Gasteiger partial charge in [-0.15, -0.1) is 0 Å². The fraction of sp³-hybridized carbons (Fsp3) is 0.278. The van der Waals surface area contributed by atoms with Crippen molar-refractivity contribution in [3.8, 4) is 11.5 Å². The van der Waals surface area contributed by atoms with Crippen LogP contribution in [-0.2, 0) is 17.6 Å². The highest BCUT2D eigenvalue weighted by atomic mass is 16.5. The van der Waals surface area contributed by atoms with Gasteiger partial charge in [-0.25, -0.2) is 0 Å². The maximum absolute atomic E-state index is 11.3. The van der Waals surface area contributed by atoms with E-state index >= 15 is 0 Å². The summed E-state index contributed by atoms with van der Waals surface area (Å²) in [4.78, 5) is 11.3. The summed E-state index contributed by atoms with van der Waals surface area (Å²) in [6, 6.07) is 13.6. The molecule has 0 radical (unpaired) electrons. The second kappa shape index (κ2) is 7.61. The molecule has 0 fully saturated rings. The second-order valence-corrected chi connectivity index (χ2v) is 5.07. The van der Waals surface area contributed by atoms with E-state index in [1.807, 2.05) is 24.3 Å². The smallest absolute Gasteiger partial charge is 0.238 e. The minimum absolute atomic E-state index is 0.0382. The summed E-state index contributed by atoms with van der Waals surface area (Å²) in [7, 11) is 0. The van der Waals surface area contributed by atoms with Gasteiger partial charge in [-0.2, -0.15) is 0 Å².